The fourth-order valence-electron chi connectivity index (χ4n) is 2.42. The number of nitrogens with zero attached hydrogens (tertiary/aromatic N) is 2. The molecule has 1 heterocycles. The Hall–Kier alpha value is -1.72. The van der Waals surface area contributed by atoms with Crippen LogP contribution in [0.3, 0.4) is 0 Å². The lowest BCUT2D eigenvalue weighted by Crippen LogP contribution is -2.35. The van der Waals surface area contributed by atoms with Crippen molar-refractivity contribution in [2.24, 2.45) is 0 Å². The Kier molecular flexibility index (Phi) is 4.03. The van der Waals surface area contributed by atoms with Crippen molar-refractivity contribution in [2.45, 2.75) is 25.8 Å². The first kappa shape index (κ1) is 14.2. The molecular weight excluding hydrogens is 284 g/mol. The molecule has 0 saturated heterocycles. The number of aryl methyl sites for hydroxylation is 1. The topological polar surface area (TPSA) is 53.4 Å². The molecule has 4 nitrogen and oxygen atoms in total. The van der Waals surface area contributed by atoms with Crippen LogP contribution >= 0.6 is 11.3 Å². The molecule has 0 unspecified atom stereocenters. The van der Waals surface area contributed by atoms with E-state index >= 15 is 0 Å². The van der Waals surface area contributed by atoms with Gasteiger partial charge in [-0.2, -0.15) is 0 Å². The second-order valence-electron chi connectivity index (χ2n) is 5.29. The zero-order chi connectivity index (χ0) is 14.8. The van der Waals surface area contributed by atoms with Crippen molar-refractivity contribution in [3.63, 3.8) is 0 Å². The number of carbonyl (C=O) groups is 1. The number of thiazole rings is 1. The Morgan fingerprint density at radius 3 is 2.90 bits per heavy atom. The van der Waals surface area contributed by atoms with Gasteiger partial charge in [0.05, 0.1) is 17.3 Å². The first-order valence-corrected chi connectivity index (χ1v) is 8.01. The van der Waals surface area contributed by atoms with E-state index in [4.69, 9.17) is 5.11 Å². The Labute approximate surface area is 128 Å². The number of aliphatic hydroxyl groups is 1. The van der Waals surface area contributed by atoms with E-state index in [0.717, 1.165) is 29.1 Å². The van der Waals surface area contributed by atoms with Crippen molar-refractivity contribution in [3.05, 3.63) is 40.2 Å². The lowest BCUT2D eigenvalue weighted by molar-refractivity contribution is 0.0707. The lowest BCUT2D eigenvalue weighted by atomic mass is 10.1. The van der Waals surface area contributed by atoms with Crippen LogP contribution in [0.25, 0.3) is 11.3 Å². The maximum Gasteiger partial charge on any atom is 0.254 e. The number of hydrogen-bond acceptors (Lipinski definition) is 4. The quantitative estimate of drug-likeness (QED) is 0.924. The first-order valence-electron chi connectivity index (χ1n) is 7.13. The fourth-order valence-corrected chi connectivity index (χ4v) is 3.04. The molecule has 1 amide bonds. The SMILES string of the molecule is Cc1nc(-c2cccc(C(=O)N(CCO)C3CC3)c2)cs1. The monoisotopic (exact) mass is 302 g/mol. The van der Waals surface area contributed by atoms with Crippen LogP contribution in [0, 0.1) is 6.92 Å². The maximum atomic E-state index is 12.6. The number of rotatable bonds is 5. The molecule has 2 aromatic rings. The van der Waals surface area contributed by atoms with Crippen molar-refractivity contribution in [2.75, 3.05) is 13.2 Å². The Balaban J connectivity index is 1.86. The molecule has 0 aliphatic heterocycles. The fraction of sp³-hybridized carbons (Fsp3) is 0.375. The van der Waals surface area contributed by atoms with Gasteiger partial charge in [-0.15, -0.1) is 11.3 Å². The largest absolute Gasteiger partial charge is 0.395 e. The summed E-state index contributed by atoms with van der Waals surface area (Å²) in [5.74, 6) is 0.000325. The molecule has 5 heteroatoms. The average molecular weight is 302 g/mol. The average Bonchev–Trinajstić information content (AvgIpc) is 3.25. The summed E-state index contributed by atoms with van der Waals surface area (Å²) < 4.78 is 0. The molecule has 0 atom stereocenters. The summed E-state index contributed by atoms with van der Waals surface area (Å²) in [6.45, 7) is 2.38. The standard InChI is InChI=1S/C16H18N2O2S/c1-11-17-15(10-21-11)12-3-2-4-13(9-12)16(20)18(7-8-19)14-5-6-14/h2-4,9-10,14,19H,5-8H2,1H3. The van der Waals surface area contributed by atoms with Crippen molar-refractivity contribution >= 4 is 17.2 Å². The molecule has 1 aromatic heterocycles. The van der Waals surface area contributed by atoms with E-state index in [2.05, 4.69) is 4.98 Å². The van der Waals surface area contributed by atoms with Crippen LogP contribution < -0.4 is 0 Å². The van der Waals surface area contributed by atoms with Gasteiger partial charge >= 0.3 is 0 Å². The van der Waals surface area contributed by atoms with Crippen LogP contribution in [-0.4, -0.2) is 40.1 Å². The highest BCUT2D eigenvalue weighted by Gasteiger charge is 2.32. The Bertz CT molecular complexity index is 649. The van der Waals surface area contributed by atoms with Gasteiger partial charge in [-0.05, 0) is 31.9 Å². The van der Waals surface area contributed by atoms with Crippen LogP contribution in [0.2, 0.25) is 0 Å². The van der Waals surface area contributed by atoms with Gasteiger partial charge in [-0.25, -0.2) is 4.98 Å². The number of benzene rings is 1. The third-order valence-electron chi connectivity index (χ3n) is 3.61. The third kappa shape index (κ3) is 3.14. The molecule has 0 bridgehead atoms. The van der Waals surface area contributed by atoms with Crippen LogP contribution in [0.4, 0.5) is 0 Å². The maximum absolute atomic E-state index is 12.6. The minimum absolute atomic E-state index is 0.000325. The zero-order valence-corrected chi connectivity index (χ0v) is 12.8. The summed E-state index contributed by atoms with van der Waals surface area (Å²) in [6.07, 6.45) is 2.08. The van der Waals surface area contributed by atoms with Gasteiger partial charge in [-0.1, -0.05) is 12.1 Å². The normalized spacial score (nSPS) is 14.2. The van der Waals surface area contributed by atoms with Gasteiger partial charge in [0.2, 0.25) is 0 Å². The molecule has 110 valence electrons. The molecule has 3 rings (SSSR count). The van der Waals surface area contributed by atoms with Crippen molar-refractivity contribution in [3.8, 4) is 11.3 Å². The minimum atomic E-state index is 0.000325. The van der Waals surface area contributed by atoms with E-state index in [1.54, 1.807) is 16.2 Å². The summed E-state index contributed by atoms with van der Waals surface area (Å²) >= 11 is 1.60. The molecule has 1 aliphatic rings. The van der Waals surface area contributed by atoms with E-state index in [9.17, 15) is 4.79 Å². The van der Waals surface area contributed by atoms with Crippen molar-refractivity contribution < 1.29 is 9.90 Å². The lowest BCUT2D eigenvalue weighted by Gasteiger charge is -2.21. The van der Waals surface area contributed by atoms with Crippen LogP contribution in [0.15, 0.2) is 29.6 Å². The van der Waals surface area contributed by atoms with Gasteiger partial charge in [0.15, 0.2) is 0 Å². The highest BCUT2D eigenvalue weighted by molar-refractivity contribution is 7.09. The van der Waals surface area contributed by atoms with Crippen molar-refractivity contribution in [1.29, 1.82) is 0 Å². The predicted molar refractivity (Wildman–Crippen MR) is 83.4 cm³/mol. The smallest absolute Gasteiger partial charge is 0.254 e. The van der Waals surface area contributed by atoms with E-state index in [0.29, 0.717) is 18.2 Å². The number of hydrogen-bond donors (Lipinski definition) is 1. The van der Waals surface area contributed by atoms with Gasteiger partial charge in [-0.3, -0.25) is 4.79 Å². The molecule has 1 saturated carbocycles. The molecular formula is C16H18N2O2S. The van der Waals surface area contributed by atoms with Crippen LogP contribution in [-0.2, 0) is 0 Å². The molecule has 21 heavy (non-hydrogen) atoms. The number of aliphatic hydroxyl groups excluding tert-OH is 1. The summed E-state index contributed by atoms with van der Waals surface area (Å²) in [6, 6.07) is 7.89. The predicted octanol–water partition coefficient (Wildman–Crippen LogP) is 2.72. The van der Waals surface area contributed by atoms with Crippen molar-refractivity contribution in [1.82, 2.24) is 9.88 Å². The second kappa shape index (κ2) is 5.95. The molecule has 1 aliphatic carbocycles. The minimum Gasteiger partial charge on any atom is -0.395 e. The van der Waals surface area contributed by atoms with Gasteiger partial charge in [0.1, 0.15) is 0 Å². The molecule has 1 aromatic carbocycles. The van der Waals surface area contributed by atoms with Crippen LogP contribution in [0.1, 0.15) is 28.2 Å². The molecule has 1 fully saturated rings. The highest BCUT2D eigenvalue weighted by atomic mass is 32.1. The van der Waals surface area contributed by atoms with E-state index < -0.39 is 0 Å². The molecule has 0 spiro atoms. The van der Waals surface area contributed by atoms with E-state index in [-0.39, 0.29) is 12.5 Å². The summed E-state index contributed by atoms with van der Waals surface area (Å²) in [4.78, 5) is 18.8. The number of carbonyl (C=O) groups excluding carboxylic acids is 1. The number of aromatic nitrogens is 1. The summed E-state index contributed by atoms with van der Waals surface area (Å²) in [7, 11) is 0. The Morgan fingerprint density at radius 1 is 1.48 bits per heavy atom. The van der Waals surface area contributed by atoms with Gasteiger partial charge in [0.25, 0.3) is 5.91 Å². The molecule has 1 N–H and O–H groups in total. The Morgan fingerprint density at radius 2 is 2.29 bits per heavy atom. The zero-order valence-electron chi connectivity index (χ0n) is 12.0. The van der Waals surface area contributed by atoms with Gasteiger partial charge in [0, 0.05) is 29.1 Å². The number of amides is 1. The second-order valence-corrected chi connectivity index (χ2v) is 6.35. The third-order valence-corrected chi connectivity index (χ3v) is 4.39. The summed E-state index contributed by atoms with van der Waals surface area (Å²) in [5.41, 5.74) is 2.54. The van der Waals surface area contributed by atoms with E-state index in [1.807, 2.05) is 36.6 Å². The highest BCUT2D eigenvalue weighted by Crippen LogP contribution is 2.29. The van der Waals surface area contributed by atoms with E-state index in [1.165, 1.54) is 0 Å². The summed E-state index contributed by atoms with van der Waals surface area (Å²) in [5, 5.41) is 12.2. The van der Waals surface area contributed by atoms with Gasteiger partial charge < -0.3 is 10.0 Å². The van der Waals surface area contributed by atoms with Crippen LogP contribution in [0.5, 0.6) is 0 Å². The first-order chi connectivity index (χ1) is 10.2. The molecule has 0 radical (unpaired) electrons.